The Bertz CT molecular complexity index is 403. The average molecular weight is 310 g/mol. The van der Waals surface area contributed by atoms with Crippen LogP contribution in [-0.2, 0) is 14.2 Å². The van der Waals surface area contributed by atoms with E-state index in [1.165, 1.54) is 0 Å². The number of allylic oxidation sites excluding steroid dienone is 1. The number of rotatable bonds is 7. The summed E-state index contributed by atoms with van der Waals surface area (Å²) >= 11 is 0. The summed E-state index contributed by atoms with van der Waals surface area (Å²) in [4.78, 5) is 0. The molecule has 0 radical (unpaired) electrons. The molecule has 0 N–H and O–H groups in total. The number of methoxy groups -OCH3 is 1. The Labute approximate surface area is 136 Å². The summed E-state index contributed by atoms with van der Waals surface area (Å²) in [5, 5.41) is 0. The molecule has 0 spiro atoms. The van der Waals surface area contributed by atoms with Crippen molar-refractivity contribution in [2.24, 2.45) is 11.3 Å². The molecule has 0 aromatic carbocycles. The summed E-state index contributed by atoms with van der Waals surface area (Å²) in [6.45, 7) is 13.1. The van der Waals surface area contributed by atoms with E-state index in [2.05, 4.69) is 53.7 Å². The molecule has 6 atom stereocenters. The van der Waals surface area contributed by atoms with Crippen LogP contribution in [0.3, 0.4) is 0 Å². The Hall–Kier alpha value is -0.380. The third-order valence-electron chi connectivity index (χ3n) is 6.09. The topological polar surface area (TPSA) is 27.7 Å². The first-order valence-electron chi connectivity index (χ1n) is 8.89. The highest BCUT2D eigenvalue weighted by Crippen LogP contribution is 2.68. The maximum Gasteiger partial charge on any atom is 0.172 e. The van der Waals surface area contributed by atoms with E-state index in [-0.39, 0.29) is 23.2 Å². The summed E-state index contributed by atoms with van der Waals surface area (Å²) in [6.07, 6.45) is 8.76. The molecule has 1 aliphatic carbocycles. The van der Waals surface area contributed by atoms with Crippen LogP contribution in [0, 0.1) is 11.3 Å². The van der Waals surface area contributed by atoms with Gasteiger partial charge in [-0.15, -0.1) is 0 Å². The molecular formula is C19H34O3. The number of hydrogen-bond acceptors (Lipinski definition) is 3. The molecule has 1 aliphatic heterocycles. The van der Waals surface area contributed by atoms with Crippen LogP contribution in [0.25, 0.3) is 0 Å². The van der Waals surface area contributed by atoms with Crippen molar-refractivity contribution in [3.8, 4) is 0 Å². The van der Waals surface area contributed by atoms with Gasteiger partial charge >= 0.3 is 0 Å². The van der Waals surface area contributed by atoms with Gasteiger partial charge < -0.3 is 14.2 Å². The second-order valence-corrected chi connectivity index (χ2v) is 7.33. The molecule has 0 bridgehead atoms. The first kappa shape index (κ1) is 18.0. The maximum atomic E-state index is 6.38. The van der Waals surface area contributed by atoms with Crippen LogP contribution in [0.5, 0.6) is 0 Å². The fraction of sp³-hybridized carbons (Fsp3) is 0.895. The predicted molar refractivity (Wildman–Crippen MR) is 89.8 cm³/mol. The lowest BCUT2D eigenvalue weighted by molar-refractivity contribution is -0.207. The second kappa shape index (κ2) is 6.26. The van der Waals surface area contributed by atoms with Gasteiger partial charge in [0, 0.05) is 24.9 Å². The van der Waals surface area contributed by atoms with Crippen molar-refractivity contribution < 1.29 is 14.2 Å². The maximum absolute atomic E-state index is 6.38. The van der Waals surface area contributed by atoms with Crippen molar-refractivity contribution >= 4 is 0 Å². The summed E-state index contributed by atoms with van der Waals surface area (Å²) in [5.74, 6) is -0.0356. The van der Waals surface area contributed by atoms with Crippen molar-refractivity contribution in [3.05, 3.63) is 12.2 Å². The van der Waals surface area contributed by atoms with Crippen molar-refractivity contribution in [2.75, 3.05) is 7.11 Å². The third-order valence-corrected chi connectivity index (χ3v) is 6.09. The molecule has 3 heteroatoms. The molecule has 1 heterocycles. The van der Waals surface area contributed by atoms with Gasteiger partial charge in [0.25, 0.3) is 0 Å². The van der Waals surface area contributed by atoms with Crippen LogP contribution in [0.15, 0.2) is 12.2 Å². The Morgan fingerprint density at radius 1 is 1.23 bits per heavy atom. The molecule has 1 saturated heterocycles. The Morgan fingerprint density at radius 3 is 2.23 bits per heavy atom. The van der Waals surface area contributed by atoms with E-state index < -0.39 is 5.79 Å². The summed E-state index contributed by atoms with van der Waals surface area (Å²) in [5.41, 5.74) is -0.156. The monoisotopic (exact) mass is 310 g/mol. The lowest BCUT2D eigenvalue weighted by atomic mass is 9.79. The van der Waals surface area contributed by atoms with Crippen LogP contribution < -0.4 is 0 Å². The van der Waals surface area contributed by atoms with Gasteiger partial charge in [-0.2, -0.15) is 0 Å². The highest BCUT2D eigenvalue weighted by Gasteiger charge is 2.71. The van der Waals surface area contributed by atoms with E-state index in [0.29, 0.717) is 5.92 Å². The van der Waals surface area contributed by atoms with Gasteiger partial charge in [-0.25, -0.2) is 0 Å². The quantitative estimate of drug-likeness (QED) is 0.638. The summed E-state index contributed by atoms with van der Waals surface area (Å²) in [6, 6.07) is 0. The average Bonchev–Trinajstić information content (AvgIpc) is 3.11. The van der Waals surface area contributed by atoms with E-state index in [1.54, 1.807) is 0 Å². The van der Waals surface area contributed by atoms with E-state index >= 15 is 0 Å². The zero-order chi connectivity index (χ0) is 16.6. The summed E-state index contributed by atoms with van der Waals surface area (Å²) < 4.78 is 18.8. The number of hydrogen-bond donors (Lipinski definition) is 0. The fourth-order valence-electron chi connectivity index (χ4n) is 4.55. The molecule has 2 fully saturated rings. The Morgan fingerprint density at radius 2 is 1.82 bits per heavy atom. The highest BCUT2D eigenvalue weighted by atomic mass is 16.8. The standard InChI is InChI=1S/C19H34O3/c1-8-11-18(10-3,20-7)17(6)13-16(17)19(12-9-2)21-14(4)15(5)22-19/h8,11,14-16H,9-10,12-13H2,1-7H3/b11-8+/t14-,15+,16-,17?,18-,19?/m1/s1. The SMILES string of the molecule is C/C=C/[C@@](CC)(OC)C1(C)C[C@H]1C1(CCC)O[C@@H](C)[C@@H](C)O1. The molecular weight excluding hydrogens is 276 g/mol. The fourth-order valence-corrected chi connectivity index (χ4v) is 4.55. The smallest absolute Gasteiger partial charge is 0.172 e. The van der Waals surface area contributed by atoms with Gasteiger partial charge in [0.2, 0.25) is 0 Å². The molecule has 3 nitrogen and oxygen atoms in total. The molecule has 0 aromatic rings. The normalized spacial score (nSPS) is 44.4. The lowest BCUT2D eigenvalue weighted by Gasteiger charge is -2.39. The minimum absolute atomic E-state index is 0.0714. The van der Waals surface area contributed by atoms with Gasteiger partial charge in [-0.1, -0.05) is 39.3 Å². The minimum Gasteiger partial charge on any atom is -0.374 e. The molecule has 128 valence electrons. The van der Waals surface area contributed by atoms with Crippen LogP contribution in [0.2, 0.25) is 0 Å². The van der Waals surface area contributed by atoms with E-state index in [1.807, 2.05) is 7.11 Å². The van der Waals surface area contributed by atoms with Crippen molar-refractivity contribution in [1.29, 1.82) is 0 Å². The van der Waals surface area contributed by atoms with Crippen molar-refractivity contribution in [3.63, 3.8) is 0 Å². The molecule has 2 unspecified atom stereocenters. The van der Waals surface area contributed by atoms with Gasteiger partial charge in [-0.3, -0.25) is 0 Å². The van der Waals surface area contributed by atoms with Crippen LogP contribution >= 0.6 is 0 Å². The Kier molecular flexibility index (Phi) is 5.11. The molecule has 2 aliphatic rings. The predicted octanol–water partition coefficient (Wildman–Crippen LogP) is 4.70. The first-order chi connectivity index (χ1) is 10.3. The van der Waals surface area contributed by atoms with Crippen LogP contribution in [-0.4, -0.2) is 30.7 Å². The van der Waals surface area contributed by atoms with Crippen LogP contribution in [0.4, 0.5) is 0 Å². The van der Waals surface area contributed by atoms with Gasteiger partial charge in [0.05, 0.1) is 17.8 Å². The van der Waals surface area contributed by atoms with Gasteiger partial charge in [-0.05, 0) is 33.6 Å². The molecule has 0 amide bonds. The second-order valence-electron chi connectivity index (χ2n) is 7.33. The van der Waals surface area contributed by atoms with E-state index in [9.17, 15) is 0 Å². The highest BCUT2D eigenvalue weighted by molar-refractivity contribution is 5.23. The Balaban J connectivity index is 2.30. The van der Waals surface area contributed by atoms with Crippen LogP contribution in [0.1, 0.15) is 67.2 Å². The zero-order valence-corrected chi connectivity index (χ0v) is 15.4. The first-order valence-corrected chi connectivity index (χ1v) is 8.89. The molecule has 22 heavy (non-hydrogen) atoms. The largest absolute Gasteiger partial charge is 0.374 e. The van der Waals surface area contributed by atoms with E-state index in [4.69, 9.17) is 14.2 Å². The third kappa shape index (κ3) is 2.55. The van der Waals surface area contributed by atoms with Gasteiger partial charge in [0.15, 0.2) is 5.79 Å². The van der Waals surface area contributed by atoms with Gasteiger partial charge in [0.1, 0.15) is 0 Å². The summed E-state index contributed by atoms with van der Waals surface area (Å²) in [7, 11) is 1.83. The number of ether oxygens (including phenoxy) is 3. The van der Waals surface area contributed by atoms with Crippen molar-refractivity contribution in [1.82, 2.24) is 0 Å². The molecule has 1 saturated carbocycles. The molecule has 2 rings (SSSR count). The zero-order valence-electron chi connectivity index (χ0n) is 15.4. The molecule has 0 aromatic heterocycles. The van der Waals surface area contributed by atoms with E-state index in [0.717, 1.165) is 25.7 Å². The van der Waals surface area contributed by atoms with Crippen molar-refractivity contribution in [2.45, 2.75) is 90.8 Å². The lowest BCUT2D eigenvalue weighted by Crippen LogP contribution is -2.44. The minimum atomic E-state index is -0.428.